The first-order valence-corrected chi connectivity index (χ1v) is 7.83. The minimum atomic E-state index is 0.204. The van der Waals surface area contributed by atoms with Crippen molar-refractivity contribution >= 4 is 11.6 Å². The lowest BCUT2D eigenvalue weighted by molar-refractivity contribution is -0.121. The van der Waals surface area contributed by atoms with E-state index in [0.717, 1.165) is 17.5 Å². The summed E-state index contributed by atoms with van der Waals surface area (Å²) in [6.07, 6.45) is 5.79. The van der Waals surface area contributed by atoms with Crippen molar-refractivity contribution in [2.75, 3.05) is 11.9 Å². The lowest BCUT2D eigenvalue weighted by Gasteiger charge is -2.18. The lowest BCUT2D eigenvalue weighted by atomic mass is 10.1. The van der Waals surface area contributed by atoms with Crippen LogP contribution in [-0.4, -0.2) is 18.5 Å². The molecule has 3 nitrogen and oxygen atoms in total. The van der Waals surface area contributed by atoms with E-state index < -0.39 is 0 Å². The predicted molar refractivity (Wildman–Crippen MR) is 81.7 cm³/mol. The van der Waals surface area contributed by atoms with Gasteiger partial charge in [-0.3, -0.25) is 4.79 Å². The summed E-state index contributed by atoms with van der Waals surface area (Å²) in [5.41, 5.74) is 2.35. The molecule has 0 aliphatic heterocycles. The molecule has 0 aromatic heterocycles. The number of hydrogen-bond donors (Lipinski definition) is 2. The monoisotopic (exact) mass is 272 g/mol. The molecule has 1 amide bonds. The van der Waals surface area contributed by atoms with Crippen molar-refractivity contribution < 1.29 is 4.79 Å². The molecule has 108 valence electrons. The Kier molecular flexibility index (Phi) is 3.95. The molecule has 2 fully saturated rings. The Morgan fingerprint density at radius 2 is 1.85 bits per heavy atom. The van der Waals surface area contributed by atoms with Crippen LogP contribution in [0.1, 0.15) is 37.7 Å². The highest BCUT2D eigenvalue weighted by Crippen LogP contribution is 2.44. The van der Waals surface area contributed by atoms with Crippen molar-refractivity contribution in [2.24, 2.45) is 11.8 Å². The molecule has 0 spiro atoms. The van der Waals surface area contributed by atoms with Gasteiger partial charge in [0.1, 0.15) is 0 Å². The quantitative estimate of drug-likeness (QED) is 0.801. The molecule has 1 aromatic rings. The second kappa shape index (κ2) is 5.86. The van der Waals surface area contributed by atoms with E-state index in [4.69, 9.17) is 0 Å². The van der Waals surface area contributed by atoms with Gasteiger partial charge in [0.05, 0.1) is 0 Å². The van der Waals surface area contributed by atoms with Crippen LogP contribution in [-0.2, 0) is 4.79 Å². The molecule has 2 aliphatic rings. The standard InChI is InChI=1S/C17H24N2O/c1-12-4-2-3-5-15(12)18-11-10-16(20)19-17(13-6-7-13)14-8-9-14/h2-5,13-14,17-18H,6-11H2,1H3,(H,19,20). The number of carbonyl (C=O) groups excluding carboxylic acids is 1. The van der Waals surface area contributed by atoms with Gasteiger partial charge in [0.25, 0.3) is 0 Å². The van der Waals surface area contributed by atoms with Crippen LogP contribution in [0.25, 0.3) is 0 Å². The zero-order valence-electron chi connectivity index (χ0n) is 12.2. The van der Waals surface area contributed by atoms with E-state index >= 15 is 0 Å². The molecule has 0 atom stereocenters. The summed E-state index contributed by atoms with van der Waals surface area (Å²) in [5.74, 6) is 1.75. The van der Waals surface area contributed by atoms with E-state index in [1.54, 1.807) is 0 Å². The average Bonchev–Trinajstić information content (AvgIpc) is 3.30. The molecule has 3 heteroatoms. The molecule has 0 bridgehead atoms. The van der Waals surface area contributed by atoms with Gasteiger partial charge in [-0.25, -0.2) is 0 Å². The molecule has 2 saturated carbocycles. The normalized spacial score (nSPS) is 18.1. The fourth-order valence-electron chi connectivity index (χ4n) is 2.87. The van der Waals surface area contributed by atoms with Gasteiger partial charge in [-0.15, -0.1) is 0 Å². The third-order valence-electron chi connectivity index (χ3n) is 4.40. The highest BCUT2D eigenvalue weighted by atomic mass is 16.1. The van der Waals surface area contributed by atoms with Crippen LogP contribution in [0.2, 0.25) is 0 Å². The summed E-state index contributed by atoms with van der Waals surface area (Å²) in [7, 11) is 0. The van der Waals surface area contributed by atoms with E-state index in [1.807, 2.05) is 12.1 Å². The van der Waals surface area contributed by atoms with Gasteiger partial charge in [0, 0.05) is 24.7 Å². The summed E-state index contributed by atoms with van der Waals surface area (Å²) in [6, 6.07) is 8.67. The van der Waals surface area contributed by atoms with Crippen LogP contribution in [0.3, 0.4) is 0 Å². The Hall–Kier alpha value is -1.51. The van der Waals surface area contributed by atoms with Crippen LogP contribution in [0, 0.1) is 18.8 Å². The fraction of sp³-hybridized carbons (Fsp3) is 0.588. The first-order valence-electron chi connectivity index (χ1n) is 7.83. The minimum absolute atomic E-state index is 0.204. The molecular formula is C17H24N2O. The SMILES string of the molecule is Cc1ccccc1NCCC(=O)NC(C1CC1)C1CC1. The van der Waals surface area contributed by atoms with E-state index in [-0.39, 0.29) is 5.91 Å². The van der Waals surface area contributed by atoms with E-state index in [0.29, 0.717) is 19.0 Å². The molecule has 0 unspecified atom stereocenters. The van der Waals surface area contributed by atoms with Crippen LogP contribution < -0.4 is 10.6 Å². The summed E-state index contributed by atoms with van der Waals surface area (Å²) >= 11 is 0. The Morgan fingerprint density at radius 1 is 1.20 bits per heavy atom. The van der Waals surface area contributed by atoms with Crippen molar-refractivity contribution in [1.29, 1.82) is 0 Å². The molecule has 2 aliphatic carbocycles. The molecule has 1 aromatic carbocycles. The van der Waals surface area contributed by atoms with Crippen LogP contribution >= 0.6 is 0 Å². The smallest absolute Gasteiger partial charge is 0.222 e. The van der Waals surface area contributed by atoms with Gasteiger partial charge in [-0.2, -0.15) is 0 Å². The zero-order chi connectivity index (χ0) is 13.9. The summed E-state index contributed by atoms with van der Waals surface area (Å²) in [5, 5.41) is 6.61. The minimum Gasteiger partial charge on any atom is -0.384 e. The Bertz CT molecular complexity index is 466. The van der Waals surface area contributed by atoms with Gasteiger partial charge in [0.15, 0.2) is 0 Å². The van der Waals surface area contributed by atoms with Crippen molar-refractivity contribution in [3.8, 4) is 0 Å². The molecule has 2 N–H and O–H groups in total. The second-order valence-electron chi connectivity index (χ2n) is 6.26. The van der Waals surface area contributed by atoms with Crippen molar-refractivity contribution in [2.45, 2.75) is 45.1 Å². The zero-order valence-corrected chi connectivity index (χ0v) is 12.2. The number of aryl methyl sites for hydroxylation is 1. The summed E-state index contributed by atoms with van der Waals surface area (Å²) in [4.78, 5) is 12.0. The molecule has 20 heavy (non-hydrogen) atoms. The molecule has 3 rings (SSSR count). The van der Waals surface area contributed by atoms with Crippen LogP contribution in [0.15, 0.2) is 24.3 Å². The van der Waals surface area contributed by atoms with Crippen molar-refractivity contribution in [3.05, 3.63) is 29.8 Å². The first kappa shape index (κ1) is 13.5. The van der Waals surface area contributed by atoms with Crippen molar-refractivity contribution in [3.63, 3.8) is 0 Å². The van der Waals surface area contributed by atoms with Crippen molar-refractivity contribution in [1.82, 2.24) is 5.32 Å². The Labute approximate surface area is 121 Å². The van der Waals surface area contributed by atoms with E-state index in [9.17, 15) is 4.79 Å². The highest BCUT2D eigenvalue weighted by Gasteiger charge is 2.41. The van der Waals surface area contributed by atoms with Gasteiger partial charge in [-0.1, -0.05) is 18.2 Å². The van der Waals surface area contributed by atoms with Crippen LogP contribution in [0.4, 0.5) is 5.69 Å². The Balaban J connectivity index is 1.41. The first-order chi connectivity index (χ1) is 9.74. The third-order valence-corrected chi connectivity index (χ3v) is 4.40. The molecule has 0 radical (unpaired) electrons. The summed E-state index contributed by atoms with van der Waals surface area (Å²) < 4.78 is 0. The largest absolute Gasteiger partial charge is 0.384 e. The maximum Gasteiger partial charge on any atom is 0.222 e. The maximum atomic E-state index is 12.0. The number of rotatable bonds is 7. The maximum absolute atomic E-state index is 12.0. The van der Waals surface area contributed by atoms with Gasteiger partial charge < -0.3 is 10.6 Å². The Morgan fingerprint density at radius 3 is 2.45 bits per heavy atom. The van der Waals surface area contributed by atoms with E-state index in [1.165, 1.54) is 31.2 Å². The fourth-order valence-corrected chi connectivity index (χ4v) is 2.87. The lowest BCUT2D eigenvalue weighted by Crippen LogP contribution is -2.38. The van der Waals surface area contributed by atoms with E-state index in [2.05, 4.69) is 29.7 Å². The number of nitrogens with one attached hydrogen (secondary N) is 2. The van der Waals surface area contributed by atoms with Gasteiger partial charge >= 0.3 is 0 Å². The number of carbonyl (C=O) groups is 1. The molecular weight excluding hydrogens is 248 g/mol. The number of anilines is 1. The van der Waals surface area contributed by atoms with Crippen LogP contribution in [0.5, 0.6) is 0 Å². The highest BCUT2D eigenvalue weighted by molar-refractivity contribution is 5.77. The molecule has 0 heterocycles. The number of benzene rings is 1. The average molecular weight is 272 g/mol. The number of para-hydroxylation sites is 1. The van der Waals surface area contributed by atoms with Gasteiger partial charge in [0.2, 0.25) is 5.91 Å². The topological polar surface area (TPSA) is 41.1 Å². The second-order valence-corrected chi connectivity index (χ2v) is 6.26. The predicted octanol–water partition coefficient (Wildman–Crippen LogP) is 3.10. The van der Waals surface area contributed by atoms with Gasteiger partial charge in [-0.05, 0) is 56.1 Å². The summed E-state index contributed by atoms with van der Waals surface area (Å²) in [6.45, 7) is 2.79. The molecule has 0 saturated heterocycles. The third kappa shape index (κ3) is 3.53. The number of hydrogen-bond acceptors (Lipinski definition) is 2. The number of amides is 1.